The van der Waals surface area contributed by atoms with Crippen molar-refractivity contribution < 1.29 is 4.79 Å². The van der Waals surface area contributed by atoms with Crippen molar-refractivity contribution in [2.24, 2.45) is 5.73 Å². The summed E-state index contributed by atoms with van der Waals surface area (Å²) in [5, 5.41) is 2.67. The van der Waals surface area contributed by atoms with Crippen molar-refractivity contribution >= 4 is 29.1 Å². The number of amides is 1. The monoisotopic (exact) mass is 300 g/mol. The molecule has 1 amide bonds. The van der Waals surface area contributed by atoms with E-state index in [9.17, 15) is 4.79 Å². The highest BCUT2D eigenvalue weighted by Crippen LogP contribution is 2.18. The number of nitrogens with two attached hydrogens (primary N) is 1. The Bertz CT molecular complexity index is 652. The molecule has 0 saturated heterocycles. The normalized spacial score (nSPS) is 11.7. The number of hydrogen-bond donors (Lipinski definition) is 2. The summed E-state index contributed by atoms with van der Waals surface area (Å²) in [5.74, 6) is -0.779. The number of rotatable bonds is 4. The van der Waals surface area contributed by atoms with Crippen LogP contribution in [0.2, 0.25) is 0 Å². The minimum Gasteiger partial charge on any atom is -0.392 e. The topological polar surface area (TPSA) is 80.9 Å². The zero-order valence-corrected chi connectivity index (χ0v) is 12.6. The van der Waals surface area contributed by atoms with Crippen LogP contribution >= 0.6 is 12.2 Å². The molecule has 6 heteroatoms. The molecule has 0 aliphatic carbocycles. The Morgan fingerprint density at radius 3 is 2.29 bits per heavy atom. The molecule has 1 aromatic carbocycles. The minimum absolute atomic E-state index is 0.114. The van der Waals surface area contributed by atoms with Crippen LogP contribution in [-0.2, 0) is 4.79 Å². The first-order valence-corrected chi connectivity index (χ1v) is 6.85. The van der Waals surface area contributed by atoms with Gasteiger partial charge in [0.25, 0.3) is 0 Å². The fourth-order valence-corrected chi connectivity index (χ4v) is 2.30. The van der Waals surface area contributed by atoms with E-state index in [-0.39, 0.29) is 16.8 Å². The Labute approximate surface area is 128 Å². The summed E-state index contributed by atoms with van der Waals surface area (Å²) in [6, 6.07) is 11.0. The lowest BCUT2D eigenvalue weighted by Crippen LogP contribution is -2.31. The van der Waals surface area contributed by atoms with Crippen molar-refractivity contribution in [3.63, 3.8) is 0 Å². The van der Waals surface area contributed by atoms with Crippen LogP contribution in [0.15, 0.2) is 36.4 Å². The number of carbonyl (C=O) groups excluding carboxylic acids is 1. The number of anilines is 1. The Morgan fingerprint density at radius 2 is 1.76 bits per heavy atom. The summed E-state index contributed by atoms with van der Waals surface area (Å²) in [7, 11) is 0. The smallest absolute Gasteiger partial charge is 0.241 e. The predicted molar refractivity (Wildman–Crippen MR) is 86.1 cm³/mol. The molecule has 0 aliphatic rings. The SMILES string of the molecule is Cc1cc(C)nc(NC(=O)C(C(N)=S)c2ccccc2)n1. The number of carbonyl (C=O) groups is 1. The van der Waals surface area contributed by atoms with Crippen LogP contribution in [-0.4, -0.2) is 20.9 Å². The van der Waals surface area contributed by atoms with Crippen LogP contribution in [0.4, 0.5) is 5.95 Å². The number of benzene rings is 1. The molecule has 0 saturated carbocycles. The molecule has 1 atom stereocenters. The van der Waals surface area contributed by atoms with Gasteiger partial charge in [-0.05, 0) is 25.5 Å². The lowest BCUT2D eigenvalue weighted by Gasteiger charge is -2.15. The molecule has 0 spiro atoms. The molecule has 5 nitrogen and oxygen atoms in total. The van der Waals surface area contributed by atoms with Crippen molar-refractivity contribution in [1.82, 2.24) is 9.97 Å². The van der Waals surface area contributed by atoms with Crippen LogP contribution in [0.3, 0.4) is 0 Å². The number of aromatic nitrogens is 2. The van der Waals surface area contributed by atoms with E-state index in [1.54, 1.807) is 0 Å². The highest BCUT2D eigenvalue weighted by atomic mass is 32.1. The summed E-state index contributed by atoms with van der Waals surface area (Å²) in [6.07, 6.45) is 0. The maximum Gasteiger partial charge on any atom is 0.241 e. The number of hydrogen-bond acceptors (Lipinski definition) is 4. The number of aryl methyl sites for hydroxylation is 2. The van der Waals surface area contributed by atoms with Gasteiger partial charge in [-0.15, -0.1) is 0 Å². The Balaban J connectivity index is 2.26. The summed E-state index contributed by atoms with van der Waals surface area (Å²) in [5.41, 5.74) is 8.02. The third-order valence-electron chi connectivity index (χ3n) is 2.90. The molecule has 1 aromatic heterocycles. The van der Waals surface area contributed by atoms with Crippen molar-refractivity contribution in [3.05, 3.63) is 53.3 Å². The summed E-state index contributed by atoms with van der Waals surface area (Å²) in [6.45, 7) is 3.68. The average molecular weight is 300 g/mol. The molecule has 0 aliphatic heterocycles. The standard InChI is InChI=1S/C15H16N4OS/c1-9-8-10(2)18-15(17-9)19-14(20)12(13(16)21)11-6-4-3-5-7-11/h3-8,12H,1-2H3,(H2,16,21)(H,17,18,19,20). The zero-order chi connectivity index (χ0) is 15.4. The van der Waals surface area contributed by atoms with Crippen molar-refractivity contribution in [2.75, 3.05) is 5.32 Å². The highest BCUT2D eigenvalue weighted by molar-refractivity contribution is 7.80. The third-order valence-corrected chi connectivity index (χ3v) is 3.13. The molecule has 2 rings (SSSR count). The lowest BCUT2D eigenvalue weighted by molar-refractivity contribution is -0.116. The molecule has 0 bridgehead atoms. The molecule has 21 heavy (non-hydrogen) atoms. The fraction of sp³-hybridized carbons (Fsp3) is 0.200. The van der Waals surface area contributed by atoms with Gasteiger partial charge in [0.1, 0.15) is 5.92 Å². The average Bonchev–Trinajstić information content (AvgIpc) is 2.38. The van der Waals surface area contributed by atoms with Gasteiger partial charge in [-0.3, -0.25) is 10.1 Å². The molecular formula is C15H16N4OS. The quantitative estimate of drug-likeness (QED) is 0.845. The second-order valence-corrected chi connectivity index (χ2v) is 5.18. The van der Waals surface area contributed by atoms with Crippen LogP contribution in [0, 0.1) is 13.8 Å². The molecule has 1 heterocycles. The van der Waals surface area contributed by atoms with Crippen LogP contribution in [0.1, 0.15) is 22.9 Å². The summed E-state index contributed by atoms with van der Waals surface area (Å²) >= 11 is 5.02. The Kier molecular flexibility index (Phi) is 4.59. The van der Waals surface area contributed by atoms with Gasteiger partial charge in [0.15, 0.2) is 0 Å². The highest BCUT2D eigenvalue weighted by Gasteiger charge is 2.24. The van der Waals surface area contributed by atoms with E-state index < -0.39 is 5.92 Å². The number of nitrogens with one attached hydrogen (secondary N) is 1. The first-order valence-electron chi connectivity index (χ1n) is 6.45. The summed E-state index contributed by atoms with van der Waals surface area (Å²) < 4.78 is 0. The van der Waals surface area contributed by atoms with E-state index in [1.165, 1.54) is 0 Å². The molecule has 0 radical (unpaired) electrons. The molecule has 108 valence electrons. The van der Waals surface area contributed by atoms with Crippen LogP contribution < -0.4 is 11.1 Å². The van der Waals surface area contributed by atoms with Gasteiger partial charge in [0.2, 0.25) is 11.9 Å². The second kappa shape index (κ2) is 6.41. The lowest BCUT2D eigenvalue weighted by atomic mass is 9.98. The van der Waals surface area contributed by atoms with Crippen LogP contribution in [0.25, 0.3) is 0 Å². The molecule has 2 aromatic rings. The van der Waals surface area contributed by atoms with E-state index >= 15 is 0 Å². The first-order chi connectivity index (χ1) is 9.97. The molecule has 3 N–H and O–H groups in total. The van der Waals surface area contributed by atoms with E-state index in [2.05, 4.69) is 15.3 Å². The van der Waals surface area contributed by atoms with E-state index in [0.717, 1.165) is 17.0 Å². The van der Waals surface area contributed by atoms with Crippen molar-refractivity contribution in [2.45, 2.75) is 19.8 Å². The van der Waals surface area contributed by atoms with Crippen molar-refractivity contribution in [3.8, 4) is 0 Å². The molecular weight excluding hydrogens is 284 g/mol. The van der Waals surface area contributed by atoms with Gasteiger partial charge in [-0.25, -0.2) is 9.97 Å². The molecule has 1 unspecified atom stereocenters. The van der Waals surface area contributed by atoms with E-state index in [0.29, 0.717) is 0 Å². The van der Waals surface area contributed by atoms with Gasteiger partial charge in [0.05, 0.1) is 4.99 Å². The largest absolute Gasteiger partial charge is 0.392 e. The minimum atomic E-state index is -0.703. The predicted octanol–water partition coefficient (Wildman–Crippen LogP) is 2.10. The fourth-order valence-electron chi connectivity index (χ4n) is 2.05. The summed E-state index contributed by atoms with van der Waals surface area (Å²) in [4.78, 5) is 20.9. The van der Waals surface area contributed by atoms with Gasteiger partial charge < -0.3 is 5.73 Å². The maximum atomic E-state index is 12.4. The van der Waals surface area contributed by atoms with Gasteiger partial charge in [-0.2, -0.15) is 0 Å². The number of nitrogens with zero attached hydrogens (tertiary/aromatic N) is 2. The number of thiocarbonyl (C=S) groups is 1. The van der Waals surface area contributed by atoms with Crippen LogP contribution in [0.5, 0.6) is 0 Å². The van der Waals surface area contributed by atoms with E-state index in [1.807, 2.05) is 50.2 Å². The maximum absolute atomic E-state index is 12.4. The van der Waals surface area contributed by atoms with Gasteiger partial charge in [-0.1, -0.05) is 42.5 Å². The van der Waals surface area contributed by atoms with Gasteiger partial charge >= 0.3 is 0 Å². The Morgan fingerprint density at radius 1 is 1.19 bits per heavy atom. The van der Waals surface area contributed by atoms with Gasteiger partial charge in [0, 0.05) is 11.4 Å². The third kappa shape index (κ3) is 3.82. The van der Waals surface area contributed by atoms with Crippen molar-refractivity contribution in [1.29, 1.82) is 0 Å². The Hall–Kier alpha value is -2.34. The zero-order valence-electron chi connectivity index (χ0n) is 11.8. The second-order valence-electron chi connectivity index (χ2n) is 4.71. The van der Waals surface area contributed by atoms with E-state index in [4.69, 9.17) is 18.0 Å². The molecule has 0 fully saturated rings. The first kappa shape index (κ1) is 15.1.